The predicted octanol–water partition coefficient (Wildman–Crippen LogP) is 0.867. The number of hydrogen-bond donors (Lipinski definition) is 2. The van der Waals surface area contributed by atoms with Gasteiger partial charge in [0.05, 0.1) is 32.0 Å². The minimum atomic E-state index is -0.228. The van der Waals surface area contributed by atoms with E-state index in [4.69, 9.17) is 4.74 Å². The summed E-state index contributed by atoms with van der Waals surface area (Å²) in [6, 6.07) is 0.107. The van der Waals surface area contributed by atoms with E-state index in [1.54, 1.807) is 0 Å². The van der Waals surface area contributed by atoms with Crippen molar-refractivity contribution in [3.63, 3.8) is 0 Å². The third-order valence-electron chi connectivity index (χ3n) is 4.67. The van der Waals surface area contributed by atoms with Crippen molar-refractivity contribution in [2.45, 2.75) is 45.3 Å². The Balaban J connectivity index is 1.95. The predicted molar refractivity (Wildman–Crippen MR) is 70.4 cm³/mol. The van der Waals surface area contributed by atoms with E-state index in [0.29, 0.717) is 12.5 Å². The van der Waals surface area contributed by atoms with Crippen LogP contribution < -0.4 is 0 Å². The molecule has 3 unspecified atom stereocenters. The summed E-state index contributed by atoms with van der Waals surface area (Å²) in [7, 11) is 0. The Morgan fingerprint density at radius 2 is 2.17 bits per heavy atom. The van der Waals surface area contributed by atoms with Crippen LogP contribution in [0, 0.1) is 11.3 Å². The molecule has 0 aromatic heterocycles. The second-order valence-corrected chi connectivity index (χ2v) is 6.49. The van der Waals surface area contributed by atoms with E-state index in [1.807, 2.05) is 0 Å². The number of morpholine rings is 1. The molecule has 1 aliphatic heterocycles. The first-order valence-corrected chi connectivity index (χ1v) is 7.15. The van der Waals surface area contributed by atoms with E-state index >= 15 is 0 Å². The number of nitrogens with zero attached hydrogens (tertiary/aromatic N) is 1. The molecule has 4 nitrogen and oxygen atoms in total. The van der Waals surface area contributed by atoms with Crippen LogP contribution in [0.4, 0.5) is 0 Å². The number of aliphatic hydroxyl groups is 2. The summed E-state index contributed by atoms with van der Waals surface area (Å²) in [5, 5.41) is 19.8. The van der Waals surface area contributed by atoms with Crippen LogP contribution in [0.1, 0.15) is 33.1 Å². The van der Waals surface area contributed by atoms with Gasteiger partial charge in [0.1, 0.15) is 0 Å². The van der Waals surface area contributed by atoms with Gasteiger partial charge in [0.2, 0.25) is 0 Å². The maximum Gasteiger partial charge on any atom is 0.0644 e. The average Bonchev–Trinajstić information content (AvgIpc) is 2.35. The van der Waals surface area contributed by atoms with Gasteiger partial charge in [0, 0.05) is 13.1 Å². The van der Waals surface area contributed by atoms with E-state index < -0.39 is 0 Å². The minimum absolute atomic E-state index is 0.0317. The van der Waals surface area contributed by atoms with Crippen molar-refractivity contribution in [3.05, 3.63) is 0 Å². The van der Waals surface area contributed by atoms with Crippen LogP contribution in [0.3, 0.4) is 0 Å². The first-order chi connectivity index (χ1) is 8.54. The van der Waals surface area contributed by atoms with E-state index in [-0.39, 0.29) is 24.2 Å². The molecule has 1 heterocycles. The lowest BCUT2D eigenvalue weighted by molar-refractivity contribution is -0.0749. The number of hydrogen-bond acceptors (Lipinski definition) is 4. The highest BCUT2D eigenvalue weighted by molar-refractivity contribution is 4.90. The maximum absolute atomic E-state index is 10.5. The highest BCUT2D eigenvalue weighted by Crippen LogP contribution is 2.39. The van der Waals surface area contributed by atoms with Crippen LogP contribution in [-0.2, 0) is 4.74 Å². The zero-order valence-electron chi connectivity index (χ0n) is 11.6. The van der Waals surface area contributed by atoms with Gasteiger partial charge in [-0.1, -0.05) is 20.3 Å². The summed E-state index contributed by atoms with van der Waals surface area (Å²) >= 11 is 0. The molecule has 0 amide bonds. The Bertz CT molecular complexity index is 270. The largest absolute Gasteiger partial charge is 0.395 e. The maximum atomic E-state index is 10.5. The molecular weight excluding hydrogens is 230 g/mol. The molecular formula is C14H27NO3. The molecule has 1 saturated heterocycles. The van der Waals surface area contributed by atoms with Crippen LogP contribution in [0.5, 0.6) is 0 Å². The molecule has 2 rings (SSSR count). The van der Waals surface area contributed by atoms with E-state index in [2.05, 4.69) is 18.7 Å². The summed E-state index contributed by atoms with van der Waals surface area (Å²) < 4.78 is 5.40. The topological polar surface area (TPSA) is 52.9 Å². The highest BCUT2D eigenvalue weighted by atomic mass is 16.5. The molecule has 18 heavy (non-hydrogen) atoms. The molecule has 0 spiro atoms. The average molecular weight is 257 g/mol. The summed E-state index contributed by atoms with van der Waals surface area (Å²) in [6.45, 7) is 7.57. The first kappa shape index (κ1) is 14.3. The molecule has 1 aliphatic carbocycles. The van der Waals surface area contributed by atoms with Crippen molar-refractivity contribution in [2.24, 2.45) is 11.3 Å². The second-order valence-electron chi connectivity index (χ2n) is 6.49. The zero-order valence-corrected chi connectivity index (χ0v) is 11.6. The molecule has 3 atom stereocenters. The van der Waals surface area contributed by atoms with Crippen molar-refractivity contribution in [3.8, 4) is 0 Å². The molecule has 106 valence electrons. The van der Waals surface area contributed by atoms with Crippen LogP contribution in [0.2, 0.25) is 0 Å². The van der Waals surface area contributed by atoms with Crippen LogP contribution in [0.25, 0.3) is 0 Å². The Labute approximate surface area is 110 Å². The van der Waals surface area contributed by atoms with E-state index in [9.17, 15) is 10.2 Å². The van der Waals surface area contributed by atoms with Gasteiger partial charge in [0.15, 0.2) is 0 Å². The van der Waals surface area contributed by atoms with Crippen molar-refractivity contribution < 1.29 is 14.9 Å². The Morgan fingerprint density at radius 3 is 2.89 bits per heavy atom. The van der Waals surface area contributed by atoms with Gasteiger partial charge < -0.3 is 14.9 Å². The molecule has 2 fully saturated rings. The van der Waals surface area contributed by atoms with Crippen molar-refractivity contribution in [1.82, 2.24) is 4.90 Å². The van der Waals surface area contributed by atoms with Gasteiger partial charge in [-0.05, 0) is 24.2 Å². The van der Waals surface area contributed by atoms with Gasteiger partial charge >= 0.3 is 0 Å². The van der Waals surface area contributed by atoms with Gasteiger partial charge in [-0.2, -0.15) is 0 Å². The number of aliphatic hydroxyl groups excluding tert-OH is 2. The third-order valence-corrected chi connectivity index (χ3v) is 4.67. The fourth-order valence-corrected chi connectivity index (χ4v) is 3.35. The zero-order chi connectivity index (χ0) is 13.2. The smallest absolute Gasteiger partial charge is 0.0644 e. The molecule has 0 aromatic carbocycles. The molecule has 2 aliphatic rings. The number of rotatable bonds is 3. The van der Waals surface area contributed by atoms with E-state index in [0.717, 1.165) is 32.5 Å². The monoisotopic (exact) mass is 257 g/mol. The quantitative estimate of drug-likeness (QED) is 0.787. The Kier molecular flexibility index (Phi) is 4.64. The molecule has 0 radical (unpaired) electrons. The lowest BCUT2D eigenvalue weighted by Crippen LogP contribution is -2.52. The minimum Gasteiger partial charge on any atom is -0.395 e. The molecule has 0 aromatic rings. The summed E-state index contributed by atoms with van der Waals surface area (Å²) in [5.41, 5.74) is 0.0317. The summed E-state index contributed by atoms with van der Waals surface area (Å²) in [6.07, 6.45) is 3.17. The molecule has 1 saturated carbocycles. The van der Waals surface area contributed by atoms with Crippen molar-refractivity contribution >= 4 is 0 Å². The Hall–Kier alpha value is -0.160. The lowest BCUT2D eigenvalue weighted by Gasteiger charge is -2.44. The van der Waals surface area contributed by atoms with E-state index in [1.165, 1.54) is 6.42 Å². The molecule has 0 bridgehead atoms. The SMILES string of the molecule is CC1(C)CCCC(CN2CCOCC2CO)C1O. The van der Waals surface area contributed by atoms with Crippen LogP contribution in [0.15, 0.2) is 0 Å². The number of ether oxygens (including phenoxy) is 1. The first-order valence-electron chi connectivity index (χ1n) is 7.15. The van der Waals surface area contributed by atoms with Gasteiger partial charge in [-0.25, -0.2) is 0 Å². The van der Waals surface area contributed by atoms with Gasteiger partial charge in [-0.3, -0.25) is 4.90 Å². The highest BCUT2D eigenvalue weighted by Gasteiger charge is 2.39. The lowest BCUT2D eigenvalue weighted by atomic mass is 9.69. The van der Waals surface area contributed by atoms with Crippen molar-refractivity contribution in [2.75, 3.05) is 32.9 Å². The standard InChI is InChI=1S/C14H27NO3/c1-14(2)5-3-4-11(13(14)17)8-15-6-7-18-10-12(15)9-16/h11-13,16-17H,3-10H2,1-2H3. The van der Waals surface area contributed by atoms with Crippen molar-refractivity contribution in [1.29, 1.82) is 0 Å². The molecule has 2 N–H and O–H groups in total. The van der Waals surface area contributed by atoms with Crippen LogP contribution in [-0.4, -0.2) is 60.2 Å². The third kappa shape index (κ3) is 3.05. The van der Waals surface area contributed by atoms with Gasteiger partial charge in [0.25, 0.3) is 0 Å². The summed E-state index contributed by atoms with van der Waals surface area (Å²) in [5.74, 6) is 0.334. The van der Waals surface area contributed by atoms with Crippen LogP contribution >= 0.6 is 0 Å². The second kappa shape index (κ2) is 5.87. The fraction of sp³-hybridized carbons (Fsp3) is 1.00. The Morgan fingerprint density at radius 1 is 1.39 bits per heavy atom. The van der Waals surface area contributed by atoms with Gasteiger partial charge in [-0.15, -0.1) is 0 Å². The fourth-order valence-electron chi connectivity index (χ4n) is 3.35. The molecule has 4 heteroatoms. The normalized spacial score (nSPS) is 37.7. The summed E-state index contributed by atoms with van der Waals surface area (Å²) in [4.78, 5) is 2.29.